The molecule has 0 spiro atoms. The van der Waals surface area contributed by atoms with Crippen molar-refractivity contribution in [3.8, 4) is 5.75 Å². The second kappa shape index (κ2) is 10.1. The molecule has 1 aromatic heterocycles. The van der Waals surface area contributed by atoms with Gasteiger partial charge in [0.1, 0.15) is 23.0 Å². The number of piperidine rings is 1. The smallest absolute Gasteiger partial charge is 0.225 e. The van der Waals surface area contributed by atoms with Crippen LogP contribution in [-0.4, -0.2) is 65.7 Å². The molecule has 6 nitrogen and oxygen atoms in total. The van der Waals surface area contributed by atoms with Crippen molar-refractivity contribution < 1.29 is 14.3 Å². The van der Waals surface area contributed by atoms with Crippen LogP contribution < -0.4 is 4.74 Å². The first-order valence-electron chi connectivity index (χ1n) is 10.5. The zero-order chi connectivity index (χ0) is 20.8. The lowest BCUT2D eigenvalue weighted by Crippen LogP contribution is -2.57. The van der Waals surface area contributed by atoms with Gasteiger partial charge in [-0.25, -0.2) is 4.98 Å². The predicted molar refractivity (Wildman–Crippen MR) is 118 cm³/mol. The number of thiazole rings is 1. The van der Waals surface area contributed by atoms with E-state index in [1.165, 1.54) is 6.42 Å². The molecule has 3 heterocycles. The fourth-order valence-corrected chi connectivity index (χ4v) is 4.89. The van der Waals surface area contributed by atoms with E-state index in [4.69, 9.17) is 21.1 Å². The molecule has 30 heavy (non-hydrogen) atoms. The van der Waals surface area contributed by atoms with Crippen molar-refractivity contribution in [3.63, 3.8) is 0 Å². The molecule has 2 saturated heterocycles. The van der Waals surface area contributed by atoms with Crippen molar-refractivity contribution >= 4 is 28.8 Å². The third-order valence-corrected chi connectivity index (χ3v) is 6.68. The summed E-state index contributed by atoms with van der Waals surface area (Å²) >= 11 is 7.64. The zero-order valence-electron chi connectivity index (χ0n) is 17.1. The van der Waals surface area contributed by atoms with Gasteiger partial charge in [-0.1, -0.05) is 11.6 Å². The number of hydrogen-bond donors (Lipinski definition) is 0. The molecule has 2 fully saturated rings. The Morgan fingerprint density at radius 3 is 2.73 bits per heavy atom. The van der Waals surface area contributed by atoms with E-state index in [9.17, 15) is 4.79 Å². The van der Waals surface area contributed by atoms with Gasteiger partial charge in [-0.05, 0) is 43.5 Å². The van der Waals surface area contributed by atoms with Crippen molar-refractivity contribution in [1.82, 2.24) is 14.8 Å². The van der Waals surface area contributed by atoms with E-state index >= 15 is 0 Å². The largest absolute Gasteiger partial charge is 0.491 e. The number of benzene rings is 1. The highest BCUT2D eigenvalue weighted by atomic mass is 35.5. The van der Waals surface area contributed by atoms with Gasteiger partial charge in [0.05, 0.1) is 19.6 Å². The first kappa shape index (κ1) is 21.6. The topological polar surface area (TPSA) is 54.9 Å². The second-order valence-electron chi connectivity index (χ2n) is 8.03. The third kappa shape index (κ3) is 5.72. The lowest BCUT2D eigenvalue weighted by atomic mass is 9.96. The monoisotopic (exact) mass is 449 g/mol. The maximum absolute atomic E-state index is 13.1. The summed E-state index contributed by atoms with van der Waals surface area (Å²) in [5.74, 6) is 0.885. The van der Waals surface area contributed by atoms with Crippen molar-refractivity contribution in [2.45, 2.75) is 37.8 Å². The molecule has 0 N–H and O–H groups in total. The lowest BCUT2D eigenvalue weighted by Gasteiger charge is -2.43. The number of morpholine rings is 1. The van der Waals surface area contributed by atoms with Crippen molar-refractivity contribution in [2.24, 2.45) is 0 Å². The quantitative estimate of drug-likeness (QED) is 0.642. The number of carbonyl (C=O) groups is 1. The molecule has 0 saturated carbocycles. The molecule has 1 aromatic carbocycles. The van der Waals surface area contributed by atoms with Gasteiger partial charge in [0.15, 0.2) is 0 Å². The molecule has 2 aliphatic heterocycles. The number of halogens is 1. The van der Waals surface area contributed by atoms with Crippen LogP contribution in [0.1, 0.15) is 30.7 Å². The van der Waals surface area contributed by atoms with Crippen molar-refractivity contribution in [1.29, 1.82) is 0 Å². The van der Waals surface area contributed by atoms with Crippen LogP contribution in [0.5, 0.6) is 5.75 Å². The van der Waals surface area contributed by atoms with Crippen LogP contribution in [-0.2, 0) is 16.1 Å². The maximum atomic E-state index is 13.1. The van der Waals surface area contributed by atoms with Crippen LogP contribution in [0.15, 0.2) is 35.8 Å². The summed E-state index contributed by atoms with van der Waals surface area (Å²) in [5.41, 5.74) is -0.677. The van der Waals surface area contributed by atoms with Gasteiger partial charge in [0.25, 0.3) is 0 Å². The van der Waals surface area contributed by atoms with E-state index in [1.807, 2.05) is 28.6 Å². The van der Waals surface area contributed by atoms with Crippen LogP contribution >= 0.6 is 22.9 Å². The van der Waals surface area contributed by atoms with Gasteiger partial charge >= 0.3 is 0 Å². The van der Waals surface area contributed by atoms with Gasteiger partial charge in [-0.15, -0.1) is 11.3 Å². The second-order valence-corrected chi connectivity index (χ2v) is 9.44. The normalized spacial score (nSPS) is 22.8. The highest BCUT2D eigenvalue weighted by Crippen LogP contribution is 2.27. The number of carbonyl (C=O) groups excluding carboxylic acids is 1. The fourth-order valence-electron chi connectivity index (χ4n) is 4.10. The molecule has 2 aliphatic rings. The average Bonchev–Trinajstić information content (AvgIpc) is 3.27. The maximum Gasteiger partial charge on any atom is 0.225 e. The first-order chi connectivity index (χ1) is 14.6. The number of aromatic nitrogens is 1. The van der Waals surface area contributed by atoms with Crippen molar-refractivity contribution in [2.75, 3.05) is 39.4 Å². The average molecular weight is 450 g/mol. The Balaban J connectivity index is 1.47. The summed E-state index contributed by atoms with van der Waals surface area (Å²) in [4.78, 5) is 21.8. The van der Waals surface area contributed by atoms with E-state index in [2.05, 4.69) is 9.88 Å². The Bertz CT molecular complexity index is 812. The Hall–Kier alpha value is -1.67. The summed E-state index contributed by atoms with van der Waals surface area (Å²) in [7, 11) is 0. The van der Waals surface area contributed by atoms with E-state index in [0.29, 0.717) is 31.2 Å². The first-order valence-corrected chi connectivity index (χ1v) is 11.8. The zero-order valence-corrected chi connectivity index (χ0v) is 18.7. The van der Waals surface area contributed by atoms with E-state index in [1.54, 1.807) is 23.5 Å². The minimum atomic E-state index is -0.677. The van der Waals surface area contributed by atoms with Crippen LogP contribution in [0.25, 0.3) is 0 Å². The highest BCUT2D eigenvalue weighted by molar-refractivity contribution is 7.09. The van der Waals surface area contributed by atoms with Crippen LogP contribution in [0.4, 0.5) is 0 Å². The predicted octanol–water partition coefficient (Wildman–Crippen LogP) is 3.85. The molecule has 4 rings (SSSR count). The number of rotatable bonds is 7. The summed E-state index contributed by atoms with van der Waals surface area (Å²) < 4.78 is 12.3. The number of likely N-dealkylation sites (tertiary alicyclic amines) is 1. The molecule has 0 radical (unpaired) electrons. The number of ether oxygens (including phenoxy) is 2. The lowest BCUT2D eigenvalue weighted by molar-refractivity contribution is -0.157. The summed E-state index contributed by atoms with van der Waals surface area (Å²) in [5, 5.41) is 3.74. The van der Waals surface area contributed by atoms with Crippen molar-refractivity contribution in [3.05, 3.63) is 45.9 Å². The molecule has 1 amide bonds. The summed E-state index contributed by atoms with van der Waals surface area (Å²) in [6.07, 6.45) is 5.52. The Morgan fingerprint density at radius 2 is 2.00 bits per heavy atom. The standard InChI is InChI=1S/C22H28ClN3O3S/c23-18-4-6-19(7-5-18)28-17-22(14-21(27)26-9-2-1-3-10-26)16-25(11-12-29-22)15-20-24-8-13-30-20/h4-8,13H,1-3,9-12,14-17H2. The fraction of sp³-hybridized carbons (Fsp3) is 0.545. The molecular weight excluding hydrogens is 422 g/mol. The Kier molecular flexibility index (Phi) is 7.25. The highest BCUT2D eigenvalue weighted by Gasteiger charge is 2.41. The van der Waals surface area contributed by atoms with Crippen LogP contribution in [0.3, 0.4) is 0 Å². The summed E-state index contributed by atoms with van der Waals surface area (Å²) in [6.45, 7) is 4.80. The van der Waals surface area contributed by atoms with Crippen LogP contribution in [0.2, 0.25) is 5.02 Å². The Morgan fingerprint density at radius 1 is 1.20 bits per heavy atom. The van der Waals surface area contributed by atoms with Gasteiger partial charge in [0, 0.05) is 42.8 Å². The Labute approximate surface area is 186 Å². The number of hydrogen-bond acceptors (Lipinski definition) is 6. The molecule has 8 heteroatoms. The molecule has 162 valence electrons. The minimum absolute atomic E-state index is 0.158. The van der Waals surface area contributed by atoms with E-state index in [-0.39, 0.29) is 5.91 Å². The van der Waals surface area contributed by atoms with Gasteiger partial charge in [-0.2, -0.15) is 0 Å². The molecule has 2 aromatic rings. The van der Waals surface area contributed by atoms with Gasteiger partial charge < -0.3 is 14.4 Å². The minimum Gasteiger partial charge on any atom is -0.491 e. The number of nitrogens with zero attached hydrogens (tertiary/aromatic N) is 3. The molecular formula is C22H28ClN3O3S. The number of amides is 1. The molecule has 1 unspecified atom stereocenters. The third-order valence-electron chi connectivity index (χ3n) is 5.67. The van der Waals surface area contributed by atoms with Gasteiger partial charge in [-0.3, -0.25) is 9.69 Å². The molecule has 0 bridgehead atoms. The molecule has 1 atom stereocenters. The SMILES string of the molecule is O=C(CC1(COc2ccc(Cl)cc2)CN(Cc2nccs2)CCO1)N1CCCCC1. The van der Waals surface area contributed by atoms with Crippen LogP contribution in [0, 0.1) is 0 Å². The van der Waals surface area contributed by atoms with E-state index in [0.717, 1.165) is 49.8 Å². The molecule has 0 aliphatic carbocycles. The summed E-state index contributed by atoms with van der Waals surface area (Å²) in [6, 6.07) is 7.30. The van der Waals surface area contributed by atoms with Gasteiger partial charge in [0.2, 0.25) is 5.91 Å². The van der Waals surface area contributed by atoms with E-state index < -0.39 is 5.60 Å².